The number of nitrogens with one attached hydrogen (secondary N) is 1. The molecule has 0 aliphatic carbocycles. The van der Waals surface area contributed by atoms with Crippen LogP contribution >= 0.6 is 11.6 Å². The fourth-order valence-corrected chi connectivity index (χ4v) is 2.32. The van der Waals surface area contributed by atoms with Crippen molar-refractivity contribution in [3.63, 3.8) is 0 Å². The minimum Gasteiger partial charge on any atom is -0.271 e. The SMILES string of the molecule is Cc1ccc(C(Cc2ccc(F)cc2Cl)NN)c(F)c1. The molecule has 0 fully saturated rings. The van der Waals surface area contributed by atoms with Crippen LogP contribution in [0.5, 0.6) is 0 Å². The Hall–Kier alpha value is -1.49. The van der Waals surface area contributed by atoms with E-state index in [-0.39, 0.29) is 5.82 Å². The van der Waals surface area contributed by atoms with Gasteiger partial charge < -0.3 is 0 Å². The number of halogens is 3. The Morgan fingerprint density at radius 3 is 2.55 bits per heavy atom. The van der Waals surface area contributed by atoms with Crippen molar-refractivity contribution in [3.05, 3.63) is 69.7 Å². The van der Waals surface area contributed by atoms with Crippen molar-refractivity contribution in [2.45, 2.75) is 19.4 Å². The van der Waals surface area contributed by atoms with Crippen LogP contribution in [0.2, 0.25) is 5.02 Å². The van der Waals surface area contributed by atoms with E-state index in [1.54, 1.807) is 12.1 Å². The molecule has 0 amide bonds. The van der Waals surface area contributed by atoms with Gasteiger partial charge in [-0.15, -0.1) is 0 Å². The molecule has 0 spiro atoms. The van der Waals surface area contributed by atoms with Crippen LogP contribution in [-0.2, 0) is 6.42 Å². The predicted octanol–water partition coefficient (Wildman–Crippen LogP) is 3.67. The van der Waals surface area contributed by atoms with Crippen molar-refractivity contribution in [1.82, 2.24) is 5.43 Å². The van der Waals surface area contributed by atoms with E-state index in [0.29, 0.717) is 22.6 Å². The predicted molar refractivity (Wildman–Crippen MR) is 76.3 cm³/mol. The Balaban J connectivity index is 2.28. The largest absolute Gasteiger partial charge is 0.271 e. The van der Waals surface area contributed by atoms with Crippen molar-refractivity contribution >= 4 is 11.6 Å². The van der Waals surface area contributed by atoms with Crippen LogP contribution in [0.25, 0.3) is 0 Å². The third kappa shape index (κ3) is 3.33. The molecule has 0 aliphatic heterocycles. The molecule has 2 nitrogen and oxygen atoms in total. The molecule has 1 unspecified atom stereocenters. The number of hydrazine groups is 1. The Morgan fingerprint density at radius 2 is 1.95 bits per heavy atom. The topological polar surface area (TPSA) is 38.0 Å². The van der Waals surface area contributed by atoms with Gasteiger partial charge in [-0.2, -0.15) is 0 Å². The van der Waals surface area contributed by atoms with Crippen molar-refractivity contribution in [2.75, 3.05) is 0 Å². The molecule has 2 aromatic carbocycles. The van der Waals surface area contributed by atoms with E-state index < -0.39 is 11.9 Å². The van der Waals surface area contributed by atoms with Crippen LogP contribution < -0.4 is 11.3 Å². The van der Waals surface area contributed by atoms with Gasteiger partial charge in [-0.05, 0) is 42.7 Å². The monoisotopic (exact) mass is 296 g/mol. The zero-order valence-corrected chi connectivity index (χ0v) is 11.7. The third-order valence-corrected chi connectivity index (χ3v) is 3.52. The Labute approximate surface area is 121 Å². The number of hydrogen-bond acceptors (Lipinski definition) is 2. The molecule has 2 rings (SSSR count). The average Bonchev–Trinajstić information content (AvgIpc) is 2.39. The van der Waals surface area contributed by atoms with Crippen LogP contribution in [0.15, 0.2) is 36.4 Å². The molecule has 0 bridgehead atoms. The molecule has 0 saturated carbocycles. The minimum atomic E-state index is -0.432. The first-order valence-electron chi connectivity index (χ1n) is 6.17. The zero-order chi connectivity index (χ0) is 14.7. The van der Waals surface area contributed by atoms with Gasteiger partial charge in [0.15, 0.2) is 0 Å². The Bertz CT molecular complexity index is 617. The van der Waals surface area contributed by atoms with Gasteiger partial charge in [0.2, 0.25) is 0 Å². The quantitative estimate of drug-likeness (QED) is 0.667. The maximum Gasteiger partial charge on any atom is 0.128 e. The van der Waals surface area contributed by atoms with Crippen molar-refractivity contribution in [2.24, 2.45) is 5.84 Å². The van der Waals surface area contributed by atoms with Crippen molar-refractivity contribution < 1.29 is 8.78 Å². The minimum absolute atomic E-state index is 0.303. The molecule has 20 heavy (non-hydrogen) atoms. The fourth-order valence-electron chi connectivity index (χ4n) is 2.08. The lowest BCUT2D eigenvalue weighted by Crippen LogP contribution is -2.30. The maximum absolute atomic E-state index is 14.0. The summed E-state index contributed by atoms with van der Waals surface area (Å²) in [5, 5.41) is 0.303. The maximum atomic E-state index is 14.0. The molecular weight excluding hydrogens is 282 g/mol. The molecule has 106 valence electrons. The summed E-state index contributed by atoms with van der Waals surface area (Å²) < 4.78 is 27.0. The van der Waals surface area contributed by atoms with Crippen molar-refractivity contribution in [3.8, 4) is 0 Å². The van der Waals surface area contributed by atoms with E-state index in [1.807, 2.05) is 13.0 Å². The van der Waals surface area contributed by atoms with Gasteiger partial charge in [-0.1, -0.05) is 29.8 Å². The number of rotatable bonds is 4. The van der Waals surface area contributed by atoms with Crippen LogP contribution in [-0.4, -0.2) is 0 Å². The molecular formula is C15H15ClF2N2. The second kappa shape index (κ2) is 6.31. The van der Waals surface area contributed by atoms with Crippen molar-refractivity contribution in [1.29, 1.82) is 0 Å². The van der Waals surface area contributed by atoms with Gasteiger partial charge in [-0.25, -0.2) is 8.78 Å². The second-order valence-corrected chi connectivity index (χ2v) is 5.09. The molecule has 3 N–H and O–H groups in total. The van der Waals surface area contributed by atoms with E-state index in [1.165, 1.54) is 18.2 Å². The lowest BCUT2D eigenvalue weighted by molar-refractivity contribution is 0.509. The summed E-state index contributed by atoms with van der Waals surface area (Å²) in [5.41, 5.74) is 4.57. The van der Waals surface area contributed by atoms with Crippen LogP contribution in [0.1, 0.15) is 22.7 Å². The number of benzene rings is 2. The molecule has 1 atom stereocenters. The summed E-state index contributed by atoms with van der Waals surface area (Å²) in [7, 11) is 0. The van der Waals surface area contributed by atoms with E-state index in [2.05, 4.69) is 5.43 Å². The Kier molecular flexibility index (Phi) is 4.70. The first-order valence-corrected chi connectivity index (χ1v) is 6.55. The van der Waals surface area contributed by atoms with Crippen LogP contribution in [0.4, 0.5) is 8.78 Å². The molecule has 0 radical (unpaired) electrons. The highest BCUT2D eigenvalue weighted by molar-refractivity contribution is 6.31. The summed E-state index contributed by atoms with van der Waals surface area (Å²) in [5.74, 6) is 4.77. The number of nitrogens with two attached hydrogens (primary N) is 1. The molecule has 0 aliphatic rings. The van der Waals surface area contributed by atoms with Gasteiger partial charge in [0, 0.05) is 10.6 Å². The molecule has 2 aromatic rings. The van der Waals surface area contributed by atoms with E-state index in [0.717, 1.165) is 5.56 Å². The summed E-state index contributed by atoms with van der Waals surface area (Å²) in [6.07, 6.45) is 0.371. The third-order valence-electron chi connectivity index (χ3n) is 3.17. The van der Waals surface area contributed by atoms with Gasteiger partial charge >= 0.3 is 0 Å². The van der Waals surface area contributed by atoms with Gasteiger partial charge in [0.05, 0.1) is 6.04 Å². The zero-order valence-electron chi connectivity index (χ0n) is 11.0. The summed E-state index contributed by atoms with van der Waals surface area (Å²) >= 11 is 5.98. The van der Waals surface area contributed by atoms with E-state index in [9.17, 15) is 8.78 Å². The lowest BCUT2D eigenvalue weighted by Gasteiger charge is -2.18. The standard InChI is InChI=1S/C15H15ClF2N2/c1-9-2-5-12(14(18)6-9)15(20-19)7-10-3-4-11(17)8-13(10)16/h2-6,8,15,20H,7,19H2,1H3. The molecule has 0 heterocycles. The normalized spacial score (nSPS) is 12.4. The molecule has 5 heteroatoms. The first-order chi connectivity index (χ1) is 9.51. The highest BCUT2D eigenvalue weighted by Gasteiger charge is 2.16. The number of hydrogen-bond donors (Lipinski definition) is 2. The van der Waals surface area contributed by atoms with Gasteiger partial charge in [-0.3, -0.25) is 11.3 Å². The van der Waals surface area contributed by atoms with Crippen LogP contribution in [0, 0.1) is 18.6 Å². The summed E-state index contributed by atoms with van der Waals surface area (Å²) in [6.45, 7) is 1.81. The Morgan fingerprint density at radius 1 is 1.20 bits per heavy atom. The highest BCUT2D eigenvalue weighted by atomic mass is 35.5. The summed E-state index contributed by atoms with van der Waals surface area (Å²) in [6, 6.07) is 8.65. The molecule has 0 aromatic heterocycles. The van der Waals surface area contributed by atoms with E-state index >= 15 is 0 Å². The average molecular weight is 297 g/mol. The lowest BCUT2D eigenvalue weighted by atomic mass is 9.98. The van der Waals surface area contributed by atoms with Gasteiger partial charge in [0.25, 0.3) is 0 Å². The van der Waals surface area contributed by atoms with Gasteiger partial charge in [0.1, 0.15) is 11.6 Å². The van der Waals surface area contributed by atoms with E-state index in [4.69, 9.17) is 17.4 Å². The summed E-state index contributed by atoms with van der Waals surface area (Å²) in [4.78, 5) is 0. The first kappa shape index (κ1) is 14.9. The molecule has 0 saturated heterocycles. The smallest absolute Gasteiger partial charge is 0.128 e. The van der Waals surface area contributed by atoms with Crippen LogP contribution in [0.3, 0.4) is 0 Å². The second-order valence-electron chi connectivity index (χ2n) is 4.68. The fraction of sp³-hybridized carbons (Fsp3) is 0.200. The number of aryl methyl sites for hydroxylation is 1. The highest BCUT2D eigenvalue weighted by Crippen LogP contribution is 2.25.